The molecule has 0 bridgehead atoms. The van der Waals surface area contributed by atoms with Crippen molar-refractivity contribution in [1.29, 1.82) is 0 Å². The zero-order chi connectivity index (χ0) is 17.1. The summed E-state index contributed by atoms with van der Waals surface area (Å²) in [6, 6.07) is 14.2. The highest BCUT2D eigenvalue weighted by molar-refractivity contribution is 7.14. The highest BCUT2D eigenvalue weighted by Gasteiger charge is 2.22. The molecule has 1 amide bonds. The van der Waals surface area contributed by atoms with Crippen molar-refractivity contribution >= 4 is 39.1 Å². The summed E-state index contributed by atoms with van der Waals surface area (Å²) in [6.45, 7) is 2.31. The number of rotatable bonds is 5. The lowest BCUT2D eigenvalue weighted by atomic mass is 10.2. The molecule has 0 unspecified atom stereocenters. The smallest absolute Gasteiger partial charge is 0.269 e. The number of halogens is 1. The van der Waals surface area contributed by atoms with Gasteiger partial charge in [0.05, 0.1) is 10.1 Å². The monoisotopic (exact) mass is 360 g/mol. The Labute approximate surface area is 148 Å². The van der Waals surface area contributed by atoms with Gasteiger partial charge in [-0.05, 0) is 36.2 Å². The predicted octanol–water partition coefficient (Wildman–Crippen LogP) is 3.98. The third kappa shape index (κ3) is 3.37. The van der Waals surface area contributed by atoms with Crippen LogP contribution >= 0.6 is 23.1 Å². The SMILES string of the molecule is CC[C@H](C(=O)NCc1ccc(Cl)cc1)n1sc2ccccc2c1=O. The van der Waals surface area contributed by atoms with Gasteiger partial charge >= 0.3 is 0 Å². The maximum atomic E-state index is 12.6. The van der Waals surface area contributed by atoms with Crippen molar-refractivity contribution in [1.82, 2.24) is 9.27 Å². The molecule has 0 aliphatic heterocycles. The Hall–Kier alpha value is -2.11. The first kappa shape index (κ1) is 16.7. The molecule has 0 saturated heterocycles. The molecule has 6 heteroatoms. The first-order chi connectivity index (χ1) is 11.6. The van der Waals surface area contributed by atoms with E-state index in [0.717, 1.165) is 10.3 Å². The minimum Gasteiger partial charge on any atom is -0.350 e. The van der Waals surface area contributed by atoms with E-state index < -0.39 is 6.04 Å². The van der Waals surface area contributed by atoms with Crippen LogP contribution in [-0.2, 0) is 11.3 Å². The van der Waals surface area contributed by atoms with Crippen molar-refractivity contribution in [3.63, 3.8) is 0 Å². The Morgan fingerprint density at radius 3 is 2.58 bits per heavy atom. The van der Waals surface area contributed by atoms with Gasteiger partial charge in [-0.3, -0.25) is 13.5 Å². The molecule has 124 valence electrons. The maximum absolute atomic E-state index is 12.6. The summed E-state index contributed by atoms with van der Waals surface area (Å²) < 4.78 is 2.47. The molecule has 4 nitrogen and oxygen atoms in total. The molecular weight excluding hydrogens is 344 g/mol. The first-order valence-corrected chi connectivity index (χ1v) is 8.88. The van der Waals surface area contributed by atoms with E-state index in [4.69, 9.17) is 11.6 Å². The van der Waals surface area contributed by atoms with Gasteiger partial charge in [-0.25, -0.2) is 0 Å². The van der Waals surface area contributed by atoms with Gasteiger partial charge in [0.2, 0.25) is 5.91 Å². The zero-order valence-corrected chi connectivity index (χ0v) is 14.7. The number of fused-ring (bicyclic) bond motifs is 1. The van der Waals surface area contributed by atoms with E-state index in [9.17, 15) is 9.59 Å². The summed E-state index contributed by atoms with van der Waals surface area (Å²) in [4.78, 5) is 25.1. The Bertz CT molecular complexity index is 915. The van der Waals surface area contributed by atoms with Crippen molar-refractivity contribution in [2.45, 2.75) is 25.9 Å². The number of carbonyl (C=O) groups is 1. The van der Waals surface area contributed by atoms with Crippen molar-refractivity contribution in [2.24, 2.45) is 0 Å². The van der Waals surface area contributed by atoms with Gasteiger partial charge in [-0.15, -0.1) is 0 Å². The Morgan fingerprint density at radius 1 is 1.21 bits per heavy atom. The predicted molar refractivity (Wildman–Crippen MR) is 98.7 cm³/mol. The lowest BCUT2D eigenvalue weighted by Crippen LogP contribution is -2.34. The molecule has 0 spiro atoms. The second-order valence-electron chi connectivity index (χ2n) is 5.49. The minimum absolute atomic E-state index is 0.107. The molecule has 1 N–H and O–H groups in total. The van der Waals surface area contributed by atoms with Crippen LogP contribution in [0.4, 0.5) is 0 Å². The van der Waals surface area contributed by atoms with Gasteiger partial charge in [0.25, 0.3) is 5.56 Å². The lowest BCUT2D eigenvalue weighted by molar-refractivity contribution is -0.124. The van der Waals surface area contributed by atoms with Crippen LogP contribution in [0.2, 0.25) is 5.02 Å². The topological polar surface area (TPSA) is 51.1 Å². The van der Waals surface area contributed by atoms with Crippen LogP contribution in [0, 0.1) is 0 Å². The molecule has 3 aromatic rings. The summed E-state index contributed by atoms with van der Waals surface area (Å²) in [6.07, 6.45) is 0.555. The standard InChI is InChI=1S/C18H17ClN2O2S/c1-2-15(17(22)20-11-12-7-9-13(19)10-8-12)21-18(23)14-5-3-4-6-16(14)24-21/h3-10,15H,2,11H2,1H3,(H,20,22)/t15-/m1/s1. The van der Waals surface area contributed by atoms with Gasteiger partial charge in [0.1, 0.15) is 6.04 Å². The van der Waals surface area contributed by atoms with Gasteiger partial charge in [0.15, 0.2) is 0 Å². The average Bonchev–Trinajstić information content (AvgIpc) is 2.92. The quantitative estimate of drug-likeness (QED) is 0.748. The van der Waals surface area contributed by atoms with Crippen molar-refractivity contribution < 1.29 is 4.79 Å². The summed E-state index contributed by atoms with van der Waals surface area (Å²) in [7, 11) is 0. The van der Waals surface area contributed by atoms with Crippen LogP contribution in [-0.4, -0.2) is 9.86 Å². The number of amides is 1. The number of carbonyl (C=O) groups excluding carboxylic acids is 1. The fourth-order valence-corrected chi connectivity index (χ4v) is 3.85. The largest absolute Gasteiger partial charge is 0.350 e. The first-order valence-electron chi connectivity index (χ1n) is 7.73. The van der Waals surface area contributed by atoms with E-state index in [-0.39, 0.29) is 11.5 Å². The van der Waals surface area contributed by atoms with Crippen molar-refractivity contribution in [2.75, 3.05) is 0 Å². The number of hydrogen-bond donors (Lipinski definition) is 1. The third-order valence-corrected chi connectivity index (χ3v) is 5.29. The number of benzene rings is 2. The van der Waals surface area contributed by atoms with E-state index in [1.165, 1.54) is 11.5 Å². The minimum atomic E-state index is -0.498. The molecule has 0 aliphatic rings. The highest BCUT2D eigenvalue weighted by atomic mass is 35.5. The van der Waals surface area contributed by atoms with E-state index in [0.29, 0.717) is 23.4 Å². The molecule has 0 fully saturated rings. The van der Waals surface area contributed by atoms with E-state index in [1.54, 1.807) is 22.2 Å². The molecule has 3 rings (SSSR count). The zero-order valence-electron chi connectivity index (χ0n) is 13.2. The second kappa shape index (κ2) is 7.20. The Kier molecular flexibility index (Phi) is 5.02. The summed E-state index contributed by atoms with van der Waals surface area (Å²) in [5, 5.41) is 4.22. The molecule has 0 saturated carbocycles. The maximum Gasteiger partial charge on any atom is 0.269 e. The number of nitrogens with zero attached hydrogens (tertiary/aromatic N) is 1. The van der Waals surface area contributed by atoms with E-state index in [1.807, 2.05) is 37.3 Å². The Balaban J connectivity index is 1.79. The molecule has 0 aliphatic carbocycles. The number of aromatic nitrogens is 1. The second-order valence-corrected chi connectivity index (χ2v) is 6.94. The fourth-order valence-electron chi connectivity index (χ4n) is 2.56. The molecule has 1 heterocycles. The molecule has 1 aromatic heterocycles. The van der Waals surface area contributed by atoms with Gasteiger partial charge in [0, 0.05) is 11.6 Å². The van der Waals surface area contributed by atoms with Crippen molar-refractivity contribution in [3.05, 3.63) is 69.5 Å². The van der Waals surface area contributed by atoms with Gasteiger partial charge in [-0.2, -0.15) is 0 Å². The summed E-state index contributed by atoms with van der Waals surface area (Å²) in [5.74, 6) is -0.152. The van der Waals surface area contributed by atoms with Crippen LogP contribution in [0.15, 0.2) is 53.3 Å². The number of hydrogen-bond acceptors (Lipinski definition) is 3. The highest BCUT2D eigenvalue weighted by Crippen LogP contribution is 2.21. The van der Waals surface area contributed by atoms with Crippen LogP contribution in [0.1, 0.15) is 24.9 Å². The molecule has 2 aromatic carbocycles. The molecule has 24 heavy (non-hydrogen) atoms. The van der Waals surface area contributed by atoms with Gasteiger partial charge in [-0.1, -0.05) is 54.3 Å². The summed E-state index contributed by atoms with van der Waals surface area (Å²) in [5.41, 5.74) is 0.857. The average molecular weight is 361 g/mol. The van der Waals surface area contributed by atoms with Crippen LogP contribution in [0.5, 0.6) is 0 Å². The third-order valence-electron chi connectivity index (χ3n) is 3.87. The van der Waals surface area contributed by atoms with Gasteiger partial charge < -0.3 is 5.32 Å². The molecule has 1 atom stereocenters. The number of nitrogens with one attached hydrogen (secondary N) is 1. The molecule has 0 radical (unpaired) electrons. The fraction of sp³-hybridized carbons (Fsp3) is 0.222. The van der Waals surface area contributed by atoms with Crippen LogP contribution in [0.3, 0.4) is 0 Å². The van der Waals surface area contributed by atoms with Crippen LogP contribution in [0.25, 0.3) is 10.1 Å². The van der Waals surface area contributed by atoms with Crippen molar-refractivity contribution in [3.8, 4) is 0 Å². The normalized spacial score (nSPS) is 12.2. The van der Waals surface area contributed by atoms with Crippen LogP contribution < -0.4 is 10.9 Å². The lowest BCUT2D eigenvalue weighted by Gasteiger charge is -2.15. The Morgan fingerprint density at radius 2 is 1.92 bits per heavy atom. The molecular formula is C18H17ClN2O2S. The van der Waals surface area contributed by atoms with E-state index >= 15 is 0 Å². The van der Waals surface area contributed by atoms with E-state index in [2.05, 4.69) is 5.32 Å². The summed E-state index contributed by atoms with van der Waals surface area (Å²) >= 11 is 7.19.